The van der Waals surface area contributed by atoms with Crippen LogP contribution >= 0.6 is 11.6 Å². The average Bonchev–Trinajstić information content (AvgIpc) is 2.37. The minimum absolute atomic E-state index is 0.0628. The summed E-state index contributed by atoms with van der Waals surface area (Å²) in [7, 11) is 0. The van der Waals surface area contributed by atoms with Gasteiger partial charge in [-0.2, -0.15) is 0 Å². The molecule has 5 heteroatoms. The van der Waals surface area contributed by atoms with Crippen molar-refractivity contribution in [1.29, 1.82) is 0 Å². The summed E-state index contributed by atoms with van der Waals surface area (Å²) in [5.41, 5.74) is 2.09. The highest BCUT2D eigenvalue weighted by atomic mass is 35.5. The van der Waals surface area contributed by atoms with E-state index in [1.54, 1.807) is 30.6 Å². The number of alkyl halides is 1. The fourth-order valence-corrected chi connectivity index (χ4v) is 1.70. The first-order valence-corrected chi connectivity index (χ1v) is 6.23. The second-order valence-corrected chi connectivity index (χ2v) is 4.83. The first-order valence-electron chi connectivity index (χ1n) is 5.80. The number of aromatic nitrogens is 2. The van der Waals surface area contributed by atoms with Crippen molar-refractivity contribution in [3.63, 3.8) is 0 Å². The zero-order valence-electron chi connectivity index (χ0n) is 10.1. The van der Waals surface area contributed by atoms with Crippen LogP contribution in [0.3, 0.4) is 0 Å². The molecule has 94 valence electrons. The SMILES string of the molecule is CC(Cl)CCNC(=O)c1ccc2nccnc2c1. The van der Waals surface area contributed by atoms with Gasteiger partial charge in [0.15, 0.2) is 0 Å². The molecule has 0 bridgehead atoms. The lowest BCUT2D eigenvalue weighted by molar-refractivity contribution is 0.0953. The van der Waals surface area contributed by atoms with Gasteiger partial charge in [-0.15, -0.1) is 11.6 Å². The number of amides is 1. The predicted molar refractivity (Wildman–Crippen MR) is 71.8 cm³/mol. The molecule has 1 aromatic heterocycles. The van der Waals surface area contributed by atoms with Crippen molar-refractivity contribution in [2.45, 2.75) is 18.7 Å². The maximum absolute atomic E-state index is 11.9. The van der Waals surface area contributed by atoms with E-state index in [9.17, 15) is 4.79 Å². The van der Waals surface area contributed by atoms with Crippen LogP contribution in [0.1, 0.15) is 23.7 Å². The van der Waals surface area contributed by atoms with E-state index in [1.165, 1.54) is 0 Å². The molecule has 0 aliphatic carbocycles. The third-order valence-electron chi connectivity index (χ3n) is 2.56. The van der Waals surface area contributed by atoms with Crippen LogP contribution in [0.25, 0.3) is 11.0 Å². The normalized spacial score (nSPS) is 12.3. The Labute approximate surface area is 110 Å². The van der Waals surface area contributed by atoms with Crippen LogP contribution in [0.15, 0.2) is 30.6 Å². The summed E-state index contributed by atoms with van der Waals surface area (Å²) in [6, 6.07) is 5.28. The zero-order chi connectivity index (χ0) is 13.0. The number of carbonyl (C=O) groups is 1. The van der Waals surface area contributed by atoms with Crippen molar-refractivity contribution in [1.82, 2.24) is 15.3 Å². The van der Waals surface area contributed by atoms with E-state index in [2.05, 4.69) is 15.3 Å². The maximum atomic E-state index is 11.9. The summed E-state index contributed by atoms with van der Waals surface area (Å²) >= 11 is 5.82. The molecule has 1 aromatic carbocycles. The van der Waals surface area contributed by atoms with Crippen LogP contribution in [0.2, 0.25) is 0 Å². The molecule has 1 heterocycles. The molecule has 0 aliphatic rings. The lowest BCUT2D eigenvalue weighted by atomic mass is 10.2. The van der Waals surface area contributed by atoms with Gasteiger partial charge in [-0.1, -0.05) is 0 Å². The Bertz CT molecular complexity index is 557. The molecule has 0 spiro atoms. The molecule has 0 radical (unpaired) electrons. The highest BCUT2D eigenvalue weighted by molar-refractivity contribution is 6.20. The van der Waals surface area contributed by atoms with E-state index in [1.807, 2.05) is 6.92 Å². The fourth-order valence-electron chi connectivity index (χ4n) is 1.59. The van der Waals surface area contributed by atoms with Gasteiger partial charge >= 0.3 is 0 Å². The van der Waals surface area contributed by atoms with Gasteiger partial charge in [-0.3, -0.25) is 14.8 Å². The van der Waals surface area contributed by atoms with Gasteiger partial charge in [0, 0.05) is 29.9 Å². The topological polar surface area (TPSA) is 54.9 Å². The van der Waals surface area contributed by atoms with Gasteiger partial charge in [0.25, 0.3) is 5.91 Å². The van der Waals surface area contributed by atoms with E-state index in [0.29, 0.717) is 12.1 Å². The number of benzene rings is 1. The summed E-state index contributed by atoms with van der Waals surface area (Å²) in [4.78, 5) is 20.2. The smallest absolute Gasteiger partial charge is 0.251 e. The number of fused-ring (bicyclic) bond motifs is 1. The Kier molecular flexibility index (Phi) is 4.10. The third-order valence-corrected chi connectivity index (χ3v) is 2.78. The first-order chi connectivity index (χ1) is 8.66. The van der Waals surface area contributed by atoms with Crippen molar-refractivity contribution < 1.29 is 4.79 Å². The highest BCUT2D eigenvalue weighted by Gasteiger charge is 2.07. The van der Waals surface area contributed by atoms with Gasteiger partial charge in [-0.05, 0) is 31.5 Å². The molecule has 1 unspecified atom stereocenters. The third kappa shape index (κ3) is 3.17. The van der Waals surface area contributed by atoms with Crippen molar-refractivity contribution in [3.05, 3.63) is 36.2 Å². The highest BCUT2D eigenvalue weighted by Crippen LogP contribution is 2.10. The Morgan fingerprint density at radius 1 is 1.33 bits per heavy atom. The lowest BCUT2D eigenvalue weighted by Crippen LogP contribution is -2.25. The number of nitrogens with one attached hydrogen (secondary N) is 1. The Morgan fingerprint density at radius 2 is 2.06 bits per heavy atom. The summed E-state index contributed by atoms with van der Waals surface area (Å²) in [5, 5.41) is 2.89. The quantitative estimate of drug-likeness (QED) is 0.862. The van der Waals surface area contributed by atoms with Gasteiger partial charge < -0.3 is 5.32 Å². The van der Waals surface area contributed by atoms with Gasteiger partial charge in [0.2, 0.25) is 0 Å². The molecule has 2 rings (SSSR count). The van der Waals surface area contributed by atoms with Crippen LogP contribution in [-0.2, 0) is 0 Å². The number of halogens is 1. The van der Waals surface area contributed by atoms with Gasteiger partial charge in [0.05, 0.1) is 11.0 Å². The van der Waals surface area contributed by atoms with Crippen LogP contribution in [0, 0.1) is 0 Å². The standard InChI is InChI=1S/C13H14ClN3O/c1-9(14)4-5-17-13(18)10-2-3-11-12(8-10)16-7-6-15-11/h2-3,6-9H,4-5H2,1H3,(H,17,18). The van der Waals surface area contributed by atoms with Crippen molar-refractivity contribution in [2.24, 2.45) is 0 Å². The van der Waals surface area contributed by atoms with Crippen LogP contribution in [0.4, 0.5) is 0 Å². The minimum atomic E-state index is -0.111. The van der Waals surface area contributed by atoms with E-state index >= 15 is 0 Å². The molecule has 1 amide bonds. The zero-order valence-corrected chi connectivity index (χ0v) is 10.8. The molecule has 4 nitrogen and oxygen atoms in total. The second-order valence-electron chi connectivity index (χ2n) is 4.09. The Hall–Kier alpha value is -1.68. The predicted octanol–water partition coefficient (Wildman–Crippen LogP) is 2.38. The number of hydrogen-bond acceptors (Lipinski definition) is 3. The van der Waals surface area contributed by atoms with E-state index < -0.39 is 0 Å². The Morgan fingerprint density at radius 3 is 2.78 bits per heavy atom. The summed E-state index contributed by atoms with van der Waals surface area (Å²) < 4.78 is 0. The van der Waals surface area contributed by atoms with E-state index in [0.717, 1.165) is 17.5 Å². The van der Waals surface area contributed by atoms with Crippen LogP contribution in [0.5, 0.6) is 0 Å². The first kappa shape index (κ1) is 12.8. The van der Waals surface area contributed by atoms with Crippen LogP contribution < -0.4 is 5.32 Å². The molecule has 2 aromatic rings. The van der Waals surface area contributed by atoms with E-state index in [4.69, 9.17) is 11.6 Å². The number of carbonyl (C=O) groups excluding carboxylic acids is 1. The molecule has 0 saturated heterocycles. The number of rotatable bonds is 4. The molecule has 0 fully saturated rings. The molecule has 0 aliphatic heterocycles. The summed E-state index contributed by atoms with van der Waals surface area (Å²) in [6.07, 6.45) is 3.99. The molecule has 1 atom stereocenters. The monoisotopic (exact) mass is 263 g/mol. The van der Waals surface area contributed by atoms with Crippen LogP contribution in [-0.4, -0.2) is 27.8 Å². The summed E-state index contributed by atoms with van der Waals surface area (Å²) in [5.74, 6) is -0.111. The molecule has 18 heavy (non-hydrogen) atoms. The van der Waals surface area contributed by atoms with Crippen molar-refractivity contribution in [3.8, 4) is 0 Å². The fraction of sp³-hybridized carbons (Fsp3) is 0.308. The number of hydrogen-bond donors (Lipinski definition) is 1. The Balaban J connectivity index is 2.08. The molecular formula is C13H14ClN3O. The van der Waals surface area contributed by atoms with Gasteiger partial charge in [0.1, 0.15) is 0 Å². The average molecular weight is 264 g/mol. The number of nitrogens with zero attached hydrogens (tertiary/aromatic N) is 2. The molecule has 1 N–H and O–H groups in total. The van der Waals surface area contributed by atoms with Crippen molar-refractivity contribution in [2.75, 3.05) is 6.54 Å². The van der Waals surface area contributed by atoms with Crippen molar-refractivity contribution >= 4 is 28.5 Å². The second kappa shape index (κ2) is 5.78. The van der Waals surface area contributed by atoms with E-state index in [-0.39, 0.29) is 11.3 Å². The lowest BCUT2D eigenvalue weighted by Gasteiger charge is -2.06. The van der Waals surface area contributed by atoms with Gasteiger partial charge in [-0.25, -0.2) is 0 Å². The molecular weight excluding hydrogens is 250 g/mol. The maximum Gasteiger partial charge on any atom is 0.251 e. The summed E-state index contributed by atoms with van der Waals surface area (Å²) in [6.45, 7) is 2.47. The largest absolute Gasteiger partial charge is 0.352 e. The molecule has 0 saturated carbocycles. The minimum Gasteiger partial charge on any atom is -0.352 e.